The van der Waals surface area contributed by atoms with E-state index in [0.29, 0.717) is 18.3 Å². The van der Waals surface area contributed by atoms with Crippen LogP contribution in [0.15, 0.2) is 60.9 Å². The van der Waals surface area contributed by atoms with Crippen molar-refractivity contribution >= 4 is 28.9 Å². The predicted molar refractivity (Wildman–Crippen MR) is 120 cm³/mol. The minimum Gasteiger partial charge on any atom is -0.383 e. The molecular weight excluding hydrogens is 404 g/mol. The molecule has 1 aliphatic rings. The lowest BCUT2D eigenvalue weighted by atomic mass is 10.0. The molecule has 0 spiro atoms. The largest absolute Gasteiger partial charge is 0.383 e. The highest BCUT2D eigenvalue weighted by molar-refractivity contribution is 7.80. The van der Waals surface area contributed by atoms with Gasteiger partial charge >= 0.3 is 0 Å². The second kappa shape index (κ2) is 8.53. The van der Waals surface area contributed by atoms with Crippen LogP contribution in [-0.2, 0) is 4.74 Å². The Morgan fingerprint density at radius 3 is 2.79 bits per heavy atom. The number of aryl methyl sites for hydroxylation is 1. The van der Waals surface area contributed by atoms with Gasteiger partial charge in [0.05, 0.1) is 24.4 Å². The Morgan fingerprint density at radius 1 is 1.21 bits per heavy atom. The van der Waals surface area contributed by atoms with Gasteiger partial charge in [-0.1, -0.05) is 17.7 Å². The Labute approximate surface area is 181 Å². The zero-order valence-electron chi connectivity index (χ0n) is 16.4. The number of pyridine rings is 1. The number of halogens is 1. The van der Waals surface area contributed by atoms with Crippen molar-refractivity contribution in [3.63, 3.8) is 0 Å². The van der Waals surface area contributed by atoms with E-state index in [-0.39, 0.29) is 12.1 Å². The first-order valence-corrected chi connectivity index (χ1v) is 10.3. The first-order valence-electron chi connectivity index (χ1n) is 9.51. The van der Waals surface area contributed by atoms with Crippen LogP contribution in [0.1, 0.15) is 29.0 Å². The summed E-state index contributed by atoms with van der Waals surface area (Å²) in [5, 5.41) is 4.95. The highest BCUT2D eigenvalue weighted by Crippen LogP contribution is 2.39. The fraction of sp³-hybridized carbons (Fsp3) is 0.273. The van der Waals surface area contributed by atoms with Crippen molar-refractivity contribution in [1.29, 1.82) is 0 Å². The van der Waals surface area contributed by atoms with Gasteiger partial charge in [-0.15, -0.1) is 0 Å². The molecular formula is C22H23ClN4OS. The molecule has 3 heterocycles. The molecule has 1 aromatic carbocycles. The van der Waals surface area contributed by atoms with Gasteiger partial charge in [-0.05, 0) is 67.2 Å². The number of hydrogen-bond acceptors (Lipinski definition) is 3. The summed E-state index contributed by atoms with van der Waals surface area (Å²) in [6.07, 6.45) is 3.89. The van der Waals surface area contributed by atoms with Crippen LogP contribution in [0.3, 0.4) is 0 Å². The lowest BCUT2D eigenvalue weighted by Gasteiger charge is -2.28. The zero-order chi connectivity index (χ0) is 20.4. The smallest absolute Gasteiger partial charge is 0.170 e. The van der Waals surface area contributed by atoms with E-state index in [1.807, 2.05) is 43.5 Å². The van der Waals surface area contributed by atoms with Crippen molar-refractivity contribution in [3.8, 4) is 5.69 Å². The number of rotatable bonds is 6. The molecule has 5 nitrogen and oxygen atoms in total. The molecule has 0 bridgehead atoms. The van der Waals surface area contributed by atoms with Crippen molar-refractivity contribution < 1.29 is 4.74 Å². The zero-order valence-corrected chi connectivity index (χ0v) is 18.0. The number of ether oxygens (including phenoxy) is 1. The molecule has 7 heteroatoms. The number of thiocarbonyl (C=S) groups is 1. The van der Waals surface area contributed by atoms with E-state index in [1.54, 1.807) is 7.11 Å². The number of benzene rings is 1. The van der Waals surface area contributed by atoms with Gasteiger partial charge in [-0.25, -0.2) is 0 Å². The van der Waals surface area contributed by atoms with Crippen LogP contribution in [0.4, 0.5) is 0 Å². The molecule has 29 heavy (non-hydrogen) atoms. The Hall–Kier alpha value is -2.41. The molecule has 1 saturated heterocycles. The van der Waals surface area contributed by atoms with Crippen LogP contribution < -0.4 is 5.32 Å². The molecule has 2 aromatic heterocycles. The molecule has 0 aliphatic carbocycles. The molecule has 0 radical (unpaired) electrons. The quantitative estimate of drug-likeness (QED) is 0.590. The minimum atomic E-state index is -0.0531. The van der Waals surface area contributed by atoms with E-state index in [1.165, 1.54) is 0 Å². The summed E-state index contributed by atoms with van der Waals surface area (Å²) >= 11 is 11.9. The van der Waals surface area contributed by atoms with Crippen molar-refractivity contribution in [2.75, 3.05) is 20.3 Å². The summed E-state index contributed by atoms with van der Waals surface area (Å²) in [5.41, 5.74) is 4.20. The van der Waals surface area contributed by atoms with E-state index in [4.69, 9.17) is 28.6 Å². The van der Waals surface area contributed by atoms with E-state index in [0.717, 1.165) is 27.7 Å². The summed E-state index contributed by atoms with van der Waals surface area (Å²) in [7, 11) is 1.71. The van der Waals surface area contributed by atoms with Gasteiger partial charge in [0, 0.05) is 42.5 Å². The highest BCUT2D eigenvalue weighted by Gasteiger charge is 2.41. The second-order valence-corrected chi connectivity index (χ2v) is 7.84. The molecule has 0 amide bonds. The van der Waals surface area contributed by atoms with E-state index in [2.05, 4.69) is 44.2 Å². The minimum absolute atomic E-state index is 0.0152. The van der Waals surface area contributed by atoms with Crippen LogP contribution in [0.5, 0.6) is 0 Å². The third-order valence-electron chi connectivity index (χ3n) is 5.24. The Kier molecular flexibility index (Phi) is 5.85. The van der Waals surface area contributed by atoms with Gasteiger partial charge in [0.25, 0.3) is 0 Å². The van der Waals surface area contributed by atoms with E-state index >= 15 is 0 Å². The molecule has 2 unspecified atom stereocenters. The van der Waals surface area contributed by atoms with Crippen LogP contribution in [0.2, 0.25) is 5.02 Å². The Bertz CT molecular complexity index is 1010. The summed E-state index contributed by atoms with van der Waals surface area (Å²) in [6.45, 7) is 3.30. The highest BCUT2D eigenvalue weighted by atomic mass is 35.5. The number of aromatic nitrogens is 2. The summed E-state index contributed by atoms with van der Waals surface area (Å²) in [6, 6.07) is 16.2. The standard InChI is InChI=1S/C22H23ClN4OS/c1-15-14-16(8-9-17(15)23)26-11-5-7-19(26)21-20(18-6-3-4-10-24-18)25-22(29)27(21)12-13-28-2/h3-11,14,20-21H,12-13H2,1-2H3,(H,25,29). The Balaban J connectivity index is 1.79. The third-order valence-corrected chi connectivity index (χ3v) is 6.01. The molecule has 150 valence electrons. The number of hydrogen-bond donors (Lipinski definition) is 1. The lowest BCUT2D eigenvalue weighted by molar-refractivity contribution is 0.163. The van der Waals surface area contributed by atoms with Gasteiger partial charge in [0.15, 0.2) is 5.11 Å². The number of methoxy groups -OCH3 is 1. The number of nitrogens with one attached hydrogen (secondary N) is 1. The van der Waals surface area contributed by atoms with E-state index < -0.39 is 0 Å². The van der Waals surface area contributed by atoms with Crippen molar-refractivity contribution in [2.24, 2.45) is 0 Å². The van der Waals surface area contributed by atoms with Gasteiger partial charge < -0.3 is 19.5 Å². The SMILES string of the molecule is COCCN1C(=S)NC(c2ccccn2)C1c1cccn1-c1ccc(Cl)c(C)c1. The molecule has 4 rings (SSSR count). The molecule has 1 aliphatic heterocycles. The molecule has 2 atom stereocenters. The van der Waals surface area contributed by atoms with Crippen molar-refractivity contribution in [1.82, 2.24) is 19.8 Å². The van der Waals surface area contributed by atoms with Crippen LogP contribution in [0, 0.1) is 6.92 Å². The predicted octanol–water partition coefficient (Wildman–Crippen LogP) is 4.45. The summed E-state index contributed by atoms with van der Waals surface area (Å²) in [4.78, 5) is 6.78. The fourth-order valence-corrected chi connectivity index (χ4v) is 4.26. The fourth-order valence-electron chi connectivity index (χ4n) is 3.81. The van der Waals surface area contributed by atoms with Crippen LogP contribution >= 0.6 is 23.8 Å². The summed E-state index contributed by atoms with van der Waals surface area (Å²) < 4.78 is 7.53. The van der Waals surface area contributed by atoms with Crippen LogP contribution in [-0.4, -0.2) is 39.8 Å². The number of nitrogens with zero attached hydrogens (tertiary/aromatic N) is 3. The average Bonchev–Trinajstić information content (AvgIpc) is 3.33. The first-order chi connectivity index (χ1) is 14.1. The maximum Gasteiger partial charge on any atom is 0.170 e. The van der Waals surface area contributed by atoms with Gasteiger partial charge in [-0.2, -0.15) is 0 Å². The van der Waals surface area contributed by atoms with Gasteiger partial charge in [0.2, 0.25) is 0 Å². The van der Waals surface area contributed by atoms with Crippen molar-refractivity contribution in [2.45, 2.75) is 19.0 Å². The molecule has 0 saturated carbocycles. The van der Waals surface area contributed by atoms with Gasteiger partial charge in [-0.3, -0.25) is 4.98 Å². The average molecular weight is 427 g/mol. The molecule has 1 N–H and O–H groups in total. The Morgan fingerprint density at radius 2 is 2.07 bits per heavy atom. The monoisotopic (exact) mass is 426 g/mol. The summed E-state index contributed by atoms with van der Waals surface area (Å²) in [5.74, 6) is 0. The maximum absolute atomic E-state index is 6.24. The topological polar surface area (TPSA) is 42.3 Å². The van der Waals surface area contributed by atoms with Gasteiger partial charge in [0.1, 0.15) is 0 Å². The molecule has 3 aromatic rings. The molecule has 1 fully saturated rings. The van der Waals surface area contributed by atoms with Crippen LogP contribution in [0.25, 0.3) is 5.69 Å². The maximum atomic E-state index is 6.24. The van der Waals surface area contributed by atoms with E-state index in [9.17, 15) is 0 Å². The third kappa shape index (κ3) is 3.88. The van der Waals surface area contributed by atoms with Crippen molar-refractivity contribution in [3.05, 3.63) is 82.9 Å². The lowest BCUT2D eigenvalue weighted by Crippen LogP contribution is -2.33. The second-order valence-electron chi connectivity index (χ2n) is 7.05. The first kappa shape index (κ1) is 19.9. The normalized spacial score (nSPS) is 18.9.